The molecule has 1 aliphatic rings. The van der Waals surface area contributed by atoms with E-state index in [0.29, 0.717) is 44.1 Å². The summed E-state index contributed by atoms with van der Waals surface area (Å²) in [4.78, 5) is 37.3. The molecule has 3 aromatic rings. The Morgan fingerprint density at radius 3 is 2.70 bits per heavy atom. The van der Waals surface area contributed by atoms with Crippen molar-refractivity contribution in [2.24, 2.45) is 0 Å². The van der Waals surface area contributed by atoms with Crippen molar-refractivity contribution in [3.63, 3.8) is 0 Å². The van der Waals surface area contributed by atoms with E-state index in [4.69, 9.17) is 9.72 Å². The van der Waals surface area contributed by atoms with E-state index in [-0.39, 0.29) is 18.5 Å². The zero-order valence-electron chi connectivity index (χ0n) is 18.7. The number of hydrogen-bond donors (Lipinski definition) is 1. The number of aromatic nitrogens is 3. The van der Waals surface area contributed by atoms with E-state index >= 15 is 0 Å². The van der Waals surface area contributed by atoms with Crippen LogP contribution in [0.2, 0.25) is 0 Å². The normalized spacial score (nSPS) is 15.4. The third kappa shape index (κ3) is 5.11. The van der Waals surface area contributed by atoms with Crippen molar-refractivity contribution in [2.75, 3.05) is 32.8 Å². The number of hydrogen-bond acceptors (Lipinski definition) is 6. The highest BCUT2D eigenvalue weighted by Crippen LogP contribution is 2.22. The number of nitrogens with zero attached hydrogens (tertiary/aromatic N) is 5. The quantitative estimate of drug-likeness (QED) is 0.575. The minimum absolute atomic E-state index is 0.271. The van der Waals surface area contributed by atoms with Crippen LogP contribution in [0.15, 0.2) is 42.6 Å². The van der Waals surface area contributed by atoms with Gasteiger partial charge in [-0.2, -0.15) is 0 Å². The number of halogens is 1. The number of pyridine rings is 1. The van der Waals surface area contributed by atoms with Gasteiger partial charge in [-0.3, -0.25) is 9.47 Å². The minimum atomic E-state index is -0.700. The maximum absolute atomic E-state index is 13.9. The van der Waals surface area contributed by atoms with Crippen LogP contribution >= 0.6 is 0 Å². The van der Waals surface area contributed by atoms with Gasteiger partial charge in [-0.1, -0.05) is 6.07 Å². The van der Waals surface area contributed by atoms with Crippen molar-refractivity contribution in [3.8, 4) is 5.69 Å². The molecule has 9 nitrogen and oxygen atoms in total. The van der Waals surface area contributed by atoms with E-state index in [1.807, 2.05) is 22.8 Å². The standard InChI is InChI=1S/C23H27FN6O3/c1-3-33-22(31)16(2)26-23(32)29-12-10-28(11-13-29)15-20-27-19-8-5-9-25-21(19)30(20)18-7-4-6-17(24)14-18/h4-9,14,16H,3,10-13,15H2,1-2H3,(H,26,32)/t16-/m0/s1. The highest BCUT2D eigenvalue weighted by atomic mass is 19.1. The van der Waals surface area contributed by atoms with Gasteiger partial charge in [0.2, 0.25) is 0 Å². The number of nitrogens with one attached hydrogen (secondary N) is 1. The van der Waals surface area contributed by atoms with Crippen LogP contribution in [0.5, 0.6) is 0 Å². The second kappa shape index (κ2) is 9.95. The molecule has 1 saturated heterocycles. The zero-order valence-corrected chi connectivity index (χ0v) is 18.7. The van der Waals surface area contributed by atoms with Crippen LogP contribution in [0.3, 0.4) is 0 Å². The molecule has 33 heavy (non-hydrogen) atoms. The fourth-order valence-corrected chi connectivity index (χ4v) is 3.86. The third-order valence-corrected chi connectivity index (χ3v) is 5.56. The highest BCUT2D eigenvalue weighted by Gasteiger charge is 2.26. The van der Waals surface area contributed by atoms with Gasteiger partial charge in [0.25, 0.3) is 0 Å². The molecule has 10 heteroatoms. The van der Waals surface area contributed by atoms with Crippen LogP contribution in [0.4, 0.5) is 9.18 Å². The van der Waals surface area contributed by atoms with E-state index in [0.717, 1.165) is 11.3 Å². The van der Waals surface area contributed by atoms with Gasteiger partial charge < -0.3 is 15.0 Å². The summed E-state index contributed by atoms with van der Waals surface area (Å²) in [7, 11) is 0. The first kappa shape index (κ1) is 22.7. The molecule has 3 heterocycles. The molecule has 0 spiro atoms. The van der Waals surface area contributed by atoms with Gasteiger partial charge in [-0.15, -0.1) is 0 Å². The van der Waals surface area contributed by atoms with Crippen LogP contribution in [0.1, 0.15) is 19.7 Å². The number of benzene rings is 1. The summed E-state index contributed by atoms with van der Waals surface area (Å²) in [6.07, 6.45) is 1.69. The van der Waals surface area contributed by atoms with E-state index < -0.39 is 12.0 Å². The topological polar surface area (TPSA) is 92.6 Å². The lowest BCUT2D eigenvalue weighted by Gasteiger charge is -2.34. The minimum Gasteiger partial charge on any atom is -0.464 e. The fraction of sp³-hybridized carbons (Fsp3) is 0.391. The molecule has 1 aromatic carbocycles. The summed E-state index contributed by atoms with van der Waals surface area (Å²) in [5.41, 5.74) is 2.07. The Morgan fingerprint density at radius 2 is 1.97 bits per heavy atom. The predicted octanol–water partition coefficient (Wildman–Crippen LogP) is 2.34. The third-order valence-electron chi connectivity index (χ3n) is 5.56. The molecule has 1 N–H and O–H groups in total. The van der Waals surface area contributed by atoms with Gasteiger partial charge in [0, 0.05) is 32.4 Å². The molecule has 1 aliphatic heterocycles. The Labute approximate surface area is 191 Å². The molecule has 0 unspecified atom stereocenters. The van der Waals surface area contributed by atoms with Crippen LogP contribution in [0.25, 0.3) is 16.9 Å². The highest BCUT2D eigenvalue weighted by molar-refractivity contribution is 5.83. The Morgan fingerprint density at radius 1 is 1.18 bits per heavy atom. The summed E-state index contributed by atoms with van der Waals surface area (Å²) in [5, 5.41) is 2.69. The van der Waals surface area contributed by atoms with Crippen molar-refractivity contribution in [2.45, 2.75) is 26.4 Å². The molecule has 174 valence electrons. The van der Waals surface area contributed by atoms with Gasteiger partial charge in [0.05, 0.1) is 18.8 Å². The van der Waals surface area contributed by atoms with Crippen LogP contribution < -0.4 is 5.32 Å². The summed E-state index contributed by atoms with van der Waals surface area (Å²) in [6, 6.07) is 9.08. The number of rotatable bonds is 6. The Kier molecular flexibility index (Phi) is 6.83. The first-order valence-electron chi connectivity index (χ1n) is 11.0. The summed E-state index contributed by atoms with van der Waals surface area (Å²) in [6.45, 7) is 6.44. The molecule has 0 aliphatic carbocycles. The number of carbonyl (C=O) groups excluding carboxylic acids is 2. The van der Waals surface area contributed by atoms with Crippen molar-refractivity contribution in [3.05, 3.63) is 54.2 Å². The molecular weight excluding hydrogens is 427 g/mol. The van der Waals surface area contributed by atoms with Gasteiger partial charge in [0.15, 0.2) is 5.65 Å². The lowest BCUT2D eigenvalue weighted by atomic mass is 10.3. The average Bonchev–Trinajstić information content (AvgIpc) is 3.17. The lowest BCUT2D eigenvalue weighted by Crippen LogP contribution is -2.54. The zero-order chi connectivity index (χ0) is 23.4. The van der Waals surface area contributed by atoms with Crippen LogP contribution in [-0.2, 0) is 16.1 Å². The van der Waals surface area contributed by atoms with Crippen molar-refractivity contribution in [1.29, 1.82) is 0 Å². The molecule has 2 aromatic heterocycles. The predicted molar refractivity (Wildman–Crippen MR) is 120 cm³/mol. The van der Waals surface area contributed by atoms with E-state index in [9.17, 15) is 14.0 Å². The van der Waals surface area contributed by atoms with E-state index in [1.54, 1.807) is 31.0 Å². The fourth-order valence-electron chi connectivity index (χ4n) is 3.86. The maximum Gasteiger partial charge on any atom is 0.328 e. The van der Waals surface area contributed by atoms with Crippen molar-refractivity contribution < 1.29 is 18.7 Å². The second-order valence-corrected chi connectivity index (χ2v) is 7.88. The molecular formula is C23H27FN6O3. The molecule has 0 bridgehead atoms. The number of urea groups is 1. The van der Waals surface area contributed by atoms with Gasteiger partial charge in [-0.25, -0.2) is 23.9 Å². The maximum atomic E-state index is 13.9. The number of ether oxygens (including phenoxy) is 1. The number of carbonyl (C=O) groups is 2. The summed E-state index contributed by atoms with van der Waals surface area (Å²) < 4.78 is 20.7. The Bertz CT molecular complexity index is 1140. The molecule has 0 saturated carbocycles. The van der Waals surface area contributed by atoms with Crippen LogP contribution in [0, 0.1) is 5.82 Å². The molecule has 0 radical (unpaired) electrons. The Hall–Kier alpha value is -3.53. The van der Waals surface area contributed by atoms with Gasteiger partial charge >= 0.3 is 12.0 Å². The van der Waals surface area contributed by atoms with Gasteiger partial charge in [-0.05, 0) is 44.2 Å². The SMILES string of the molecule is CCOC(=O)[C@H](C)NC(=O)N1CCN(Cc2nc3cccnc3n2-c2cccc(F)c2)CC1. The van der Waals surface area contributed by atoms with Crippen LogP contribution in [-0.4, -0.2) is 75.2 Å². The average molecular weight is 455 g/mol. The molecule has 2 amide bonds. The molecule has 1 atom stereocenters. The first-order chi connectivity index (χ1) is 16.0. The monoisotopic (exact) mass is 454 g/mol. The number of amides is 2. The number of piperazine rings is 1. The summed E-state index contributed by atoms with van der Waals surface area (Å²) >= 11 is 0. The largest absolute Gasteiger partial charge is 0.464 e. The number of fused-ring (bicyclic) bond motifs is 1. The molecule has 4 rings (SSSR count). The lowest BCUT2D eigenvalue weighted by molar-refractivity contribution is -0.144. The summed E-state index contributed by atoms with van der Waals surface area (Å²) in [5.74, 6) is -0.0228. The van der Waals surface area contributed by atoms with Crippen molar-refractivity contribution in [1.82, 2.24) is 29.7 Å². The molecule has 1 fully saturated rings. The number of imidazole rings is 1. The smallest absolute Gasteiger partial charge is 0.328 e. The number of esters is 1. The van der Waals surface area contributed by atoms with E-state index in [1.165, 1.54) is 12.1 Å². The second-order valence-electron chi connectivity index (χ2n) is 7.88. The van der Waals surface area contributed by atoms with E-state index in [2.05, 4.69) is 15.2 Å². The van der Waals surface area contributed by atoms with Gasteiger partial charge in [0.1, 0.15) is 23.2 Å². The first-order valence-corrected chi connectivity index (χ1v) is 11.0. The Balaban J connectivity index is 1.44. The van der Waals surface area contributed by atoms with Crippen molar-refractivity contribution >= 4 is 23.2 Å².